The van der Waals surface area contributed by atoms with Crippen molar-refractivity contribution < 1.29 is 9.53 Å². The van der Waals surface area contributed by atoms with Crippen molar-refractivity contribution in [2.24, 2.45) is 0 Å². The van der Waals surface area contributed by atoms with Gasteiger partial charge in [-0.1, -0.05) is 6.08 Å². The topological polar surface area (TPSA) is 26.3 Å². The molecule has 0 unspecified atom stereocenters. The summed E-state index contributed by atoms with van der Waals surface area (Å²) >= 11 is 0. The average Bonchev–Trinajstić information content (AvgIpc) is 2.05. The third-order valence-corrected chi connectivity index (χ3v) is 0.988. The number of carbonyl (C=O) groups excluding carboxylic acids is 1. The molecule has 0 atom stereocenters. The standard InChI is InChI=1S/C10H13O2/c1-3-5-6-7-8-9-10(11)12-4-2/h3,5-9H,1,4H2,2H3/b9-8+. The minimum Gasteiger partial charge on any atom is -0.463 e. The lowest BCUT2D eigenvalue weighted by Crippen LogP contribution is -1.98. The molecule has 0 aliphatic rings. The van der Waals surface area contributed by atoms with Crippen molar-refractivity contribution in [3.63, 3.8) is 0 Å². The Balaban J connectivity index is 3.29. The summed E-state index contributed by atoms with van der Waals surface area (Å²) in [5.74, 6) is -0.319. The minimum absolute atomic E-state index is 0.319. The van der Waals surface area contributed by atoms with E-state index in [1.54, 1.807) is 38.7 Å². The van der Waals surface area contributed by atoms with E-state index >= 15 is 0 Å². The SMILES string of the molecule is [CH2][CH][CH][CH][CH]/C=C/C(=O)OCC. The maximum absolute atomic E-state index is 10.7. The van der Waals surface area contributed by atoms with E-state index in [-0.39, 0.29) is 5.97 Å². The lowest BCUT2D eigenvalue weighted by molar-refractivity contribution is -0.137. The zero-order valence-corrected chi connectivity index (χ0v) is 7.19. The van der Waals surface area contributed by atoms with E-state index in [4.69, 9.17) is 0 Å². The monoisotopic (exact) mass is 165 g/mol. The van der Waals surface area contributed by atoms with Crippen LogP contribution in [-0.4, -0.2) is 12.6 Å². The molecule has 0 amide bonds. The molecule has 5 radical (unpaired) electrons. The molecule has 12 heavy (non-hydrogen) atoms. The fourth-order valence-corrected chi connectivity index (χ4v) is 0.531. The smallest absolute Gasteiger partial charge is 0.330 e. The summed E-state index contributed by atoms with van der Waals surface area (Å²) in [6, 6.07) is 0. The first-order valence-corrected chi connectivity index (χ1v) is 3.77. The van der Waals surface area contributed by atoms with Crippen LogP contribution < -0.4 is 0 Å². The fraction of sp³-hybridized carbons (Fsp3) is 0.200. The molecular weight excluding hydrogens is 152 g/mol. The predicted molar refractivity (Wildman–Crippen MR) is 48.3 cm³/mol. The molecule has 0 saturated heterocycles. The molecule has 0 rings (SSSR count). The van der Waals surface area contributed by atoms with Gasteiger partial charge in [0.05, 0.1) is 6.61 Å². The van der Waals surface area contributed by atoms with E-state index in [1.165, 1.54) is 6.08 Å². The fourth-order valence-electron chi connectivity index (χ4n) is 0.531. The first-order valence-electron chi connectivity index (χ1n) is 3.77. The van der Waals surface area contributed by atoms with Gasteiger partial charge in [-0.3, -0.25) is 0 Å². The molecule has 0 aliphatic heterocycles. The van der Waals surface area contributed by atoms with Crippen molar-refractivity contribution in [3.8, 4) is 0 Å². The van der Waals surface area contributed by atoms with Crippen molar-refractivity contribution in [2.45, 2.75) is 6.92 Å². The quantitative estimate of drug-likeness (QED) is 0.340. The first kappa shape index (κ1) is 11.2. The van der Waals surface area contributed by atoms with Crippen LogP contribution in [0.3, 0.4) is 0 Å². The molecular formula is C10H13O2. The van der Waals surface area contributed by atoms with E-state index in [9.17, 15) is 4.79 Å². The second-order valence-electron chi connectivity index (χ2n) is 1.92. The molecule has 0 N–H and O–H groups in total. The Morgan fingerprint density at radius 3 is 2.75 bits per heavy atom. The molecule has 0 aromatic rings. The third kappa shape index (κ3) is 7.32. The Hall–Kier alpha value is -0.790. The Kier molecular flexibility index (Phi) is 7.76. The number of unbranched alkanes of at least 4 members (excludes halogenated alkanes) is 3. The number of carbonyl (C=O) groups is 1. The largest absolute Gasteiger partial charge is 0.463 e. The van der Waals surface area contributed by atoms with Crippen molar-refractivity contribution >= 4 is 5.97 Å². The van der Waals surface area contributed by atoms with Gasteiger partial charge in [0, 0.05) is 6.08 Å². The van der Waals surface area contributed by atoms with Crippen LogP contribution in [0, 0.1) is 32.6 Å². The lowest BCUT2D eigenvalue weighted by Gasteiger charge is -1.94. The highest BCUT2D eigenvalue weighted by Gasteiger charge is 1.91. The van der Waals surface area contributed by atoms with Crippen LogP contribution in [0.15, 0.2) is 12.2 Å². The van der Waals surface area contributed by atoms with Gasteiger partial charge in [-0.15, -0.1) is 0 Å². The molecule has 0 fully saturated rings. The van der Waals surface area contributed by atoms with Crippen LogP contribution in [0.4, 0.5) is 0 Å². The molecule has 0 bridgehead atoms. The molecule has 0 heterocycles. The number of esters is 1. The van der Waals surface area contributed by atoms with Gasteiger partial charge in [0.15, 0.2) is 0 Å². The molecule has 0 spiro atoms. The van der Waals surface area contributed by atoms with Crippen LogP contribution in [0.25, 0.3) is 0 Å². The number of hydrogen-bond donors (Lipinski definition) is 0. The normalized spacial score (nSPS) is 10.5. The van der Waals surface area contributed by atoms with Gasteiger partial charge < -0.3 is 4.74 Å². The van der Waals surface area contributed by atoms with E-state index in [1.807, 2.05) is 0 Å². The maximum Gasteiger partial charge on any atom is 0.330 e. The van der Waals surface area contributed by atoms with E-state index in [2.05, 4.69) is 11.7 Å². The van der Waals surface area contributed by atoms with Crippen LogP contribution in [0.2, 0.25) is 0 Å². The Bertz CT molecular complexity index is 139. The summed E-state index contributed by atoms with van der Waals surface area (Å²) in [6.07, 6.45) is 9.94. The molecule has 0 saturated carbocycles. The molecule has 65 valence electrons. The summed E-state index contributed by atoms with van der Waals surface area (Å²) in [5.41, 5.74) is 0. The second kappa shape index (κ2) is 8.31. The van der Waals surface area contributed by atoms with Gasteiger partial charge in [0.2, 0.25) is 0 Å². The van der Waals surface area contributed by atoms with Gasteiger partial charge in [-0.05, 0) is 39.5 Å². The van der Waals surface area contributed by atoms with Crippen molar-refractivity contribution in [1.82, 2.24) is 0 Å². The summed E-state index contributed by atoms with van der Waals surface area (Å²) in [6.45, 7) is 5.68. The number of hydrogen-bond acceptors (Lipinski definition) is 2. The van der Waals surface area contributed by atoms with Gasteiger partial charge >= 0.3 is 5.97 Å². The number of ether oxygens (including phenoxy) is 1. The first-order chi connectivity index (χ1) is 5.81. The maximum atomic E-state index is 10.7. The minimum atomic E-state index is -0.319. The summed E-state index contributed by atoms with van der Waals surface area (Å²) < 4.78 is 4.66. The highest BCUT2D eigenvalue weighted by atomic mass is 16.5. The van der Waals surface area contributed by atoms with Crippen LogP contribution in [-0.2, 0) is 9.53 Å². The summed E-state index contributed by atoms with van der Waals surface area (Å²) in [7, 11) is 0. The molecule has 0 aromatic carbocycles. The zero-order chi connectivity index (χ0) is 9.23. The zero-order valence-electron chi connectivity index (χ0n) is 7.19. The summed E-state index contributed by atoms with van der Waals surface area (Å²) in [5, 5.41) is 0. The molecule has 0 aliphatic carbocycles. The Morgan fingerprint density at radius 1 is 1.42 bits per heavy atom. The van der Waals surface area contributed by atoms with Crippen LogP contribution in [0.5, 0.6) is 0 Å². The molecule has 0 aromatic heterocycles. The van der Waals surface area contributed by atoms with Crippen LogP contribution >= 0.6 is 0 Å². The highest BCUT2D eigenvalue weighted by Crippen LogP contribution is 1.94. The Labute approximate surface area is 74.6 Å². The Morgan fingerprint density at radius 2 is 2.17 bits per heavy atom. The predicted octanol–water partition coefficient (Wildman–Crippen LogP) is 1.76. The average molecular weight is 165 g/mol. The van der Waals surface area contributed by atoms with E-state index in [0.717, 1.165) is 0 Å². The molecule has 2 heteroatoms. The van der Waals surface area contributed by atoms with Gasteiger partial charge in [-0.25, -0.2) is 4.79 Å². The van der Waals surface area contributed by atoms with Gasteiger partial charge in [-0.2, -0.15) is 0 Å². The number of allylic oxidation sites excluding steroid dienone is 1. The van der Waals surface area contributed by atoms with Gasteiger partial charge in [0.25, 0.3) is 0 Å². The third-order valence-electron chi connectivity index (χ3n) is 0.988. The number of rotatable bonds is 6. The van der Waals surface area contributed by atoms with E-state index in [0.29, 0.717) is 6.61 Å². The van der Waals surface area contributed by atoms with Crippen molar-refractivity contribution in [2.75, 3.05) is 6.61 Å². The van der Waals surface area contributed by atoms with Crippen LogP contribution in [0.1, 0.15) is 6.92 Å². The van der Waals surface area contributed by atoms with E-state index < -0.39 is 0 Å². The van der Waals surface area contributed by atoms with Crippen molar-refractivity contribution in [1.29, 1.82) is 0 Å². The second-order valence-corrected chi connectivity index (χ2v) is 1.92. The lowest BCUT2D eigenvalue weighted by atomic mass is 10.2. The van der Waals surface area contributed by atoms with Crippen molar-refractivity contribution in [3.05, 3.63) is 44.8 Å². The summed E-state index contributed by atoms with van der Waals surface area (Å²) in [4.78, 5) is 10.7. The van der Waals surface area contributed by atoms with Gasteiger partial charge in [0.1, 0.15) is 0 Å². The molecule has 2 nitrogen and oxygen atoms in total. The highest BCUT2D eigenvalue weighted by molar-refractivity contribution is 5.82.